The number of anilines is 2. The molecule has 14 heteroatoms. The van der Waals surface area contributed by atoms with Gasteiger partial charge < -0.3 is 15.0 Å². The zero-order valence-electron chi connectivity index (χ0n) is 21.0. The van der Waals surface area contributed by atoms with Crippen LogP contribution in [-0.4, -0.2) is 58.1 Å². The smallest absolute Gasteiger partial charge is 0.391 e. The molecule has 4 rings (SSSR count). The maximum atomic E-state index is 14.3. The van der Waals surface area contributed by atoms with Crippen LogP contribution in [0.4, 0.5) is 38.0 Å². The molecule has 0 saturated heterocycles. The van der Waals surface area contributed by atoms with E-state index in [9.17, 15) is 31.1 Å². The number of amides is 1. The molecule has 2 aromatic heterocycles. The molecular formula is C25H26ClF6N5O2. The highest BCUT2D eigenvalue weighted by atomic mass is 35.5. The summed E-state index contributed by atoms with van der Waals surface area (Å²) < 4.78 is 85.8. The minimum absolute atomic E-state index is 0.0117. The molecule has 0 radical (unpaired) electrons. The van der Waals surface area contributed by atoms with E-state index < -0.39 is 36.9 Å². The Morgan fingerprint density at radius 2 is 1.92 bits per heavy atom. The molecule has 1 N–H and O–H groups in total. The van der Waals surface area contributed by atoms with E-state index in [0.29, 0.717) is 12.8 Å². The van der Waals surface area contributed by atoms with Crippen molar-refractivity contribution < 1.29 is 35.9 Å². The number of halogens is 7. The van der Waals surface area contributed by atoms with Crippen LogP contribution in [0.5, 0.6) is 5.88 Å². The summed E-state index contributed by atoms with van der Waals surface area (Å²) in [7, 11) is 3.02. The highest BCUT2D eigenvalue weighted by Gasteiger charge is 2.41. The lowest BCUT2D eigenvalue weighted by Crippen LogP contribution is -2.35. The van der Waals surface area contributed by atoms with Crippen molar-refractivity contribution in [3.8, 4) is 5.88 Å². The largest absolute Gasteiger partial charge is 0.471 e. The first-order valence-electron chi connectivity index (χ1n) is 12.2. The number of hydrogen-bond donors (Lipinski definition) is 1. The maximum absolute atomic E-state index is 14.3. The Bertz CT molecular complexity index is 1320. The average Bonchev–Trinajstić information content (AvgIpc) is 3.17. The zero-order valence-corrected chi connectivity index (χ0v) is 21.8. The van der Waals surface area contributed by atoms with Crippen molar-refractivity contribution >= 4 is 40.3 Å². The third-order valence-corrected chi connectivity index (χ3v) is 7.09. The predicted molar refractivity (Wildman–Crippen MR) is 133 cm³/mol. The van der Waals surface area contributed by atoms with Crippen molar-refractivity contribution in [3.63, 3.8) is 0 Å². The quantitative estimate of drug-likeness (QED) is 0.306. The molecule has 0 spiro atoms. The first kappa shape index (κ1) is 28.8. The molecular weight excluding hydrogens is 552 g/mol. The van der Waals surface area contributed by atoms with Crippen molar-refractivity contribution in [2.24, 2.45) is 18.9 Å². The van der Waals surface area contributed by atoms with E-state index in [-0.39, 0.29) is 64.6 Å². The van der Waals surface area contributed by atoms with E-state index in [1.165, 1.54) is 40.8 Å². The number of nitrogens with zero attached hydrogens (tertiary/aromatic N) is 4. The van der Waals surface area contributed by atoms with Crippen LogP contribution in [0.2, 0.25) is 5.02 Å². The molecule has 0 atom stereocenters. The Labute approximate surface area is 225 Å². The number of hydrogen-bond acceptors (Lipinski definition) is 5. The normalized spacial score (nSPS) is 18.0. The highest BCUT2D eigenvalue weighted by molar-refractivity contribution is 6.33. The van der Waals surface area contributed by atoms with Crippen molar-refractivity contribution in [2.45, 2.75) is 38.3 Å². The second kappa shape index (κ2) is 11.5. The van der Waals surface area contributed by atoms with Gasteiger partial charge >= 0.3 is 6.18 Å². The molecule has 0 bridgehead atoms. The van der Waals surface area contributed by atoms with Gasteiger partial charge in [0.2, 0.25) is 11.8 Å². The van der Waals surface area contributed by atoms with Gasteiger partial charge in [0.05, 0.1) is 16.6 Å². The second-order valence-electron chi connectivity index (χ2n) is 9.55. The van der Waals surface area contributed by atoms with Gasteiger partial charge in [-0.05, 0) is 49.8 Å². The molecule has 1 amide bonds. The van der Waals surface area contributed by atoms with Crippen molar-refractivity contribution in [1.82, 2.24) is 19.4 Å². The number of imidazole rings is 1. The number of fused-ring (bicyclic) bond motifs is 1. The Morgan fingerprint density at radius 3 is 2.54 bits per heavy atom. The molecule has 7 nitrogen and oxygen atoms in total. The van der Waals surface area contributed by atoms with Crippen LogP contribution in [-0.2, 0) is 7.05 Å². The van der Waals surface area contributed by atoms with Gasteiger partial charge in [-0.3, -0.25) is 9.36 Å². The van der Waals surface area contributed by atoms with Crippen molar-refractivity contribution in [1.29, 1.82) is 0 Å². The number of nitrogens with one attached hydrogen (secondary N) is 1. The Kier molecular flexibility index (Phi) is 8.48. The van der Waals surface area contributed by atoms with Gasteiger partial charge in [-0.2, -0.15) is 18.2 Å². The number of carbonyl (C=O) groups excluding carboxylic acids is 1. The summed E-state index contributed by atoms with van der Waals surface area (Å²) in [6.45, 7) is -0.839. The Morgan fingerprint density at radius 1 is 1.23 bits per heavy atom. The summed E-state index contributed by atoms with van der Waals surface area (Å²) in [5.74, 6) is -2.96. The molecule has 3 aromatic rings. The molecule has 2 heterocycles. The summed E-state index contributed by atoms with van der Waals surface area (Å²) in [6, 6.07) is 5.44. The van der Waals surface area contributed by atoms with Crippen LogP contribution in [0.3, 0.4) is 0 Å². The van der Waals surface area contributed by atoms with Crippen LogP contribution < -0.4 is 10.1 Å². The fraction of sp³-hybridized carbons (Fsp3) is 0.480. The van der Waals surface area contributed by atoms with E-state index in [0.717, 1.165) is 0 Å². The number of benzene rings is 1. The standard InChI is InChI=1S/C25H26ClF6N5O2/c1-36(11-13-6-8-14(9-7-13)25(30,31)32)23(38)15-10-18-21(35-22(15)39-12-19(28)29)37(2)24(33-18)34-20-16(26)4-3-5-17(20)27/h3-5,10,13-14,19H,6-9,11-12H2,1-2H3,(H,33,34). The average molecular weight is 578 g/mol. The SMILES string of the molecule is CN(CC1CCC(C(F)(F)F)CC1)C(=O)c1cc2nc(Nc3c(F)cccc3Cl)n(C)c2nc1OCC(F)F. The molecule has 0 aliphatic heterocycles. The van der Waals surface area contributed by atoms with E-state index >= 15 is 0 Å². The van der Waals surface area contributed by atoms with E-state index in [1.54, 1.807) is 7.05 Å². The first-order chi connectivity index (χ1) is 18.3. The van der Waals surface area contributed by atoms with Crippen LogP contribution >= 0.6 is 11.6 Å². The van der Waals surface area contributed by atoms with Gasteiger partial charge in [0.15, 0.2) is 12.3 Å². The fourth-order valence-corrected chi connectivity index (χ4v) is 4.90. The number of ether oxygens (including phenoxy) is 1. The van der Waals surface area contributed by atoms with Gasteiger partial charge in [-0.15, -0.1) is 0 Å². The van der Waals surface area contributed by atoms with Crippen molar-refractivity contribution in [2.75, 3.05) is 25.5 Å². The lowest BCUT2D eigenvalue weighted by atomic mass is 9.81. The number of carbonyl (C=O) groups is 1. The molecule has 212 valence electrons. The minimum Gasteiger partial charge on any atom is -0.471 e. The van der Waals surface area contributed by atoms with Gasteiger partial charge in [0, 0.05) is 20.6 Å². The Hall–Kier alpha value is -3.22. The van der Waals surface area contributed by atoms with Crippen molar-refractivity contribution in [3.05, 3.63) is 40.7 Å². The highest BCUT2D eigenvalue weighted by Crippen LogP contribution is 2.40. The fourth-order valence-electron chi connectivity index (χ4n) is 4.69. The number of para-hydroxylation sites is 1. The number of aryl methyl sites for hydroxylation is 1. The minimum atomic E-state index is -4.24. The number of alkyl halides is 5. The van der Waals surface area contributed by atoms with Crippen LogP contribution in [0.1, 0.15) is 36.0 Å². The lowest BCUT2D eigenvalue weighted by molar-refractivity contribution is -0.184. The summed E-state index contributed by atoms with van der Waals surface area (Å²) in [5.41, 5.74) is 0.185. The van der Waals surface area contributed by atoms with E-state index in [2.05, 4.69) is 15.3 Å². The predicted octanol–water partition coefficient (Wildman–Crippen LogP) is 6.59. The summed E-state index contributed by atoms with van der Waals surface area (Å²) >= 11 is 6.09. The first-order valence-corrected chi connectivity index (χ1v) is 12.5. The third kappa shape index (κ3) is 6.51. The zero-order chi connectivity index (χ0) is 28.5. The van der Waals surface area contributed by atoms with Crippen LogP contribution in [0.15, 0.2) is 24.3 Å². The van der Waals surface area contributed by atoms with Gasteiger partial charge in [0.1, 0.15) is 16.9 Å². The molecule has 1 saturated carbocycles. The van der Waals surface area contributed by atoms with Gasteiger partial charge in [0.25, 0.3) is 12.3 Å². The molecule has 1 aliphatic rings. The van der Waals surface area contributed by atoms with Gasteiger partial charge in [-0.25, -0.2) is 18.2 Å². The molecule has 39 heavy (non-hydrogen) atoms. The maximum Gasteiger partial charge on any atom is 0.391 e. The van der Waals surface area contributed by atoms with E-state index in [4.69, 9.17) is 16.3 Å². The monoisotopic (exact) mass is 577 g/mol. The number of pyridine rings is 1. The second-order valence-corrected chi connectivity index (χ2v) is 9.95. The topological polar surface area (TPSA) is 72.3 Å². The lowest BCUT2D eigenvalue weighted by Gasteiger charge is -2.32. The van der Waals surface area contributed by atoms with E-state index in [1.807, 2.05) is 0 Å². The summed E-state index contributed by atoms with van der Waals surface area (Å²) in [4.78, 5) is 23.3. The van der Waals surface area contributed by atoms with Crippen LogP contribution in [0.25, 0.3) is 11.2 Å². The molecule has 0 unspecified atom stereocenters. The summed E-state index contributed by atoms with van der Waals surface area (Å²) in [6.07, 6.45) is -6.48. The molecule has 1 aliphatic carbocycles. The van der Waals surface area contributed by atoms with Crippen LogP contribution in [0, 0.1) is 17.7 Å². The number of aromatic nitrogens is 3. The summed E-state index contributed by atoms with van der Waals surface area (Å²) in [5, 5.41) is 2.87. The third-order valence-electron chi connectivity index (χ3n) is 6.77. The Balaban J connectivity index is 1.60. The molecule has 1 fully saturated rings. The van der Waals surface area contributed by atoms with Gasteiger partial charge in [-0.1, -0.05) is 17.7 Å². The molecule has 1 aromatic carbocycles. The number of rotatable bonds is 8.